The number of hydrogen-bond acceptors (Lipinski definition) is 5. The van der Waals surface area contributed by atoms with Crippen LogP contribution in [0, 0.1) is 0 Å². The van der Waals surface area contributed by atoms with Crippen molar-refractivity contribution in [2.24, 2.45) is 0 Å². The smallest absolute Gasteiger partial charge is 0.306 e. The summed E-state index contributed by atoms with van der Waals surface area (Å²) in [5, 5.41) is 9.50. The van der Waals surface area contributed by atoms with E-state index in [1.54, 1.807) is 0 Å². The van der Waals surface area contributed by atoms with E-state index in [0.717, 1.165) is 64.2 Å². The summed E-state index contributed by atoms with van der Waals surface area (Å²) < 4.78 is 10.5. The van der Waals surface area contributed by atoms with Crippen LogP contribution in [0.3, 0.4) is 0 Å². The van der Waals surface area contributed by atoms with Crippen molar-refractivity contribution in [1.29, 1.82) is 0 Å². The molecule has 1 atom stereocenters. The number of unbranched alkanes of at least 4 members (excludes halogenated alkanes) is 20. The third-order valence-electron chi connectivity index (χ3n) is 8.64. The molecule has 0 aromatic heterocycles. The summed E-state index contributed by atoms with van der Waals surface area (Å²) in [6.07, 6.45) is 49.2. The van der Waals surface area contributed by atoms with Crippen molar-refractivity contribution in [3.8, 4) is 0 Å². The fourth-order valence-corrected chi connectivity index (χ4v) is 5.60. The number of carbonyl (C=O) groups is 2. The second-order valence-corrected chi connectivity index (χ2v) is 13.3. The monoisotopic (exact) mass is 673 g/mol. The molecule has 0 radical (unpaired) electrons. The molecule has 5 heteroatoms. The summed E-state index contributed by atoms with van der Waals surface area (Å²) in [4.78, 5) is 24.1. The van der Waals surface area contributed by atoms with Crippen molar-refractivity contribution in [2.45, 2.75) is 200 Å². The molecule has 0 rings (SSSR count). The van der Waals surface area contributed by atoms with Crippen molar-refractivity contribution < 1.29 is 24.2 Å². The maximum atomic E-state index is 12.1. The maximum absolute atomic E-state index is 12.1. The molecule has 5 nitrogen and oxygen atoms in total. The minimum absolute atomic E-state index is 0.0647. The number of aliphatic hydroxyl groups is 1. The van der Waals surface area contributed by atoms with E-state index < -0.39 is 6.10 Å². The maximum Gasteiger partial charge on any atom is 0.306 e. The van der Waals surface area contributed by atoms with Gasteiger partial charge in [-0.2, -0.15) is 0 Å². The molecule has 0 spiro atoms. The average Bonchev–Trinajstić information content (AvgIpc) is 3.09. The van der Waals surface area contributed by atoms with Crippen LogP contribution < -0.4 is 0 Å². The van der Waals surface area contributed by atoms with Crippen molar-refractivity contribution in [3.63, 3.8) is 0 Å². The predicted molar refractivity (Wildman–Crippen MR) is 205 cm³/mol. The topological polar surface area (TPSA) is 72.8 Å². The molecule has 0 aliphatic rings. The molecule has 0 aliphatic carbocycles. The van der Waals surface area contributed by atoms with Crippen molar-refractivity contribution in [2.75, 3.05) is 13.2 Å². The first-order chi connectivity index (χ1) is 23.6. The van der Waals surface area contributed by atoms with Gasteiger partial charge in [-0.05, 0) is 51.4 Å². The molecule has 0 amide bonds. The summed E-state index contributed by atoms with van der Waals surface area (Å²) >= 11 is 0. The van der Waals surface area contributed by atoms with Crippen LogP contribution in [0.25, 0.3) is 0 Å². The summed E-state index contributed by atoms with van der Waals surface area (Å²) in [5.74, 6) is -0.596. The Morgan fingerprint density at radius 3 is 1.35 bits per heavy atom. The molecule has 0 aromatic carbocycles. The molecule has 278 valence electrons. The first kappa shape index (κ1) is 45.9. The highest BCUT2D eigenvalue weighted by molar-refractivity contribution is 5.70. The number of hydrogen-bond donors (Lipinski definition) is 1. The van der Waals surface area contributed by atoms with E-state index in [0.29, 0.717) is 12.8 Å². The fourth-order valence-electron chi connectivity index (χ4n) is 5.60. The Bertz CT molecular complexity index is 812. The average molecular weight is 673 g/mol. The Hall–Kier alpha value is -2.14. The molecule has 0 aromatic rings. The van der Waals surface area contributed by atoms with E-state index >= 15 is 0 Å². The number of allylic oxidation sites excluding steroid dienone is 8. The lowest BCUT2D eigenvalue weighted by atomic mass is 10.0. The van der Waals surface area contributed by atoms with E-state index in [9.17, 15) is 14.7 Å². The van der Waals surface area contributed by atoms with Crippen molar-refractivity contribution in [1.82, 2.24) is 0 Å². The molecule has 0 saturated heterocycles. The van der Waals surface area contributed by atoms with Crippen LogP contribution in [0.5, 0.6) is 0 Å². The first-order valence-electron chi connectivity index (χ1n) is 20.2. The van der Waals surface area contributed by atoms with Gasteiger partial charge in [-0.15, -0.1) is 0 Å². The van der Waals surface area contributed by atoms with E-state index in [4.69, 9.17) is 9.47 Å². The summed E-state index contributed by atoms with van der Waals surface area (Å²) in [5.41, 5.74) is 0. The van der Waals surface area contributed by atoms with Gasteiger partial charge in [0.1, 0.15) is 6.61 Å². The summed E-state index contributed by atoms with van der Waals surface area (Å²) in [6.45, 7) is 3.98. The lowest BCUT2D eigenvalue weighted by Gasteiger charge is -2.15. The lowest BCUT2D eigenvalue weighted by Crippen LogP contribution is -2.28. The molecule has 1 unspecified atom stereocenters. The van der Waals surface area contributed by atoms with E-state index in [-0.39, 0.29) is 25.2 Å². The molecule has 0 heterocycles. The number of aliphatic hydroxyl groups excluding tert-OH is 1. The van der Waals surface area contributed by atoms with Crippen LogP contribution >= 0.6 is 0 Å². The highest BCUT2D eigenvalue weighted by Gasteiger charge is 2.16. The van der Waals surface area contributed by atoms with Crippen LogP contribution in [-0.4, -0.2) is 36.4 Å². The Balaban J connectivity index is 3.46. The van der Waals surface area contributed by atoms with Crippen LogP contribution in [0.4, 0.5) is 0 Å². The van der Waals surface area contributed by atoms with E-state index in [1.165, 1.54) is 103 Å². The number of rotatable bonds is 36. The van der Waals surface area contributed by atoms with Gasteiger partial charge in [0.05, 0.1) is 6.61 Å². The Morgan fingerprint density at radius 2 is 0.896 bits per heavy atom. The largest absolute Gasteiger partial charge is 0.462 e. The second kappa shape index (κ2) is 39.3. The zero-order chi connectivity index (χ0) is 35.0. The van der Waals surface area contributed by atoms with Crippen LogP contribution in [-0.2, 0) is 19.1 Å². The van der Waals surface area contributed by atoms with Gasteiger partial charge < -0.3 is 14.6 Å². The van der Waals surface area contributed by atoms with Gasteiger partial charge in [0, 0.05) is 12.8 Å². The molecule has 0 bridgehead atoms. The third kappa shape index (κ3) is 36.7. The fraction of sp³-hybridized carbons (Fsp3) is 0.767. The quantitative estimate of drug-likeness (QED) is 0.0407. The van der Waals surface area contributed by atoms with Crippen molar-refractivity contribution >= 4 is 11.9 Å². The molecule has 48 heavy (non-hydrogen) atoms. The van der Waals surface area contributed by atoms with Gasteiger partial charge in [0.15, 0.2) is 6.10 Å². The van der Waals surface area contributed by atoms with E-state index in [2.05, 4.69) is 62.5 Å². The predicted octanol–water partition coefficient (Wildman–Crippen LogP) is 12.6. The zero-order valence-electron chi connectivity index (χ0n) is 31.5. The van der Waals surface area contributed by atoms with Gasteiger partial charge in [-0.1, -0.05) is 178 Å². The Morgan fingerprint density at radius 1 is 0.500 bits per heavy atom. The molecule has 0 fully saturated rings. The lowest BCUT2D eigenvalue weighted by molar-refractivity contribution is -0.161. The Labute approximate surface area is 297 Å². The minimum atomic E-state index is -0.767. The van der Waals surface area contributed by atoms with Gasteiger partial charge in [-0.25, -0.2) is 0 Å². The molecular formula is C43H76O5. The standard InChI is InChI=1S/C43H76O5/c1-3-5-7-9-11-12-13-14-15-16-17-18-19-20-21-22-23-24-25-26-27-28-29-30-32-34-36-38-43(46)48-41(39-44)40-47-42(45)37-35-33-31-10-8-6-4-2/h5,7,11-12,14-15,17-18,41,44H,3-4,6,8-10,13,16,19-40H2,1-2H3/b7-5-,12-11-,15-14-,18-17-. The summed E-state index contributed by atoms with van der Waals surface area (Å²) in [6, 6.07) is 0. The highest BCUT2D eigenvalue weighted by atomic mass is 16.6. The van der Waals surface area contributed by atoms with Crippen molar-refractivity contribution in [3.05, 3.63) is 48.6 Å². The molecule has 0 aliphatic heterocycles. The molecular weight excluding hydrogens is 596 g/mol. The third-order valence-corrected chi connectivity index (χ3v) is 8.64. The van der Waals surface area contributed by atoms with Gasteiger partial charge in [0.25, 0.3) is 0 Å². The zero-order valence-corrected chi connectivity index (χ0v) is 31.5. The number of ether oxygens (including phenoxy) is 2. The van der Waals surface area contributed by atoms with Crippen LogP contribution in [0.1, 0.15) is 194 Å². The molecule has 1 N–H and O–H groups in total. The van der Waals surface area contributed by atoms with E-state index in [1.807, 2.05) is 0 Å². The van der Waals surface area contributed by atoms with Gasteiger partial charge in [-0.3, -0.25) is 9.59 Å². The van der Waals surface area contributed by atoms with Crippen LogP contribution in [0.2, 0.25) is 0 Å². The Kier molecular flexibility index (Phi) is 37.5. The van der Waals surface area contributed by atoms with Gasteiger partial charge in [0.2, 0.25) is 0 Å². The van der Waals surface area contributed by atoms with Gasteiger partial charge >= 0.3 is 11.9 Å². The number of carbonyl (C=O) groups excluding carboxylic acids is 2. The number of esters is 2. The normalized spacial score (nSPS) is 12.6. The first-order valence-corrected chi connectivity index (χ1v) is 20.2. The highest BCUT2D eigenvalue weighted by Crippen LogP contribution is 2.15. The second-order valence-electron chi connectivity index (χ2n) is 13.3. The summed E-state index contributed by atoms with van der Waals surface area (Å²) in [7, 11) is 0. The minimum Gasteiger partial charge on any atom is -0.462 e. The molecule has 0 saturated carbocycles. The SMILES string of the molecule is CC/C=C\C/C=C\C/C=C\C/C=C\CCCCCCCCCCCCCCCCC(=O)OC(CO)COC(=O)CCCCCCCCC. The van der Waals surface area contributed by atoms with Crippen LogP contribution in [0.15, 0.2) is 48.6 Å².